The number of hydrogen-bond acceptors (Lipinski definition) is 2. The quantitative estimate of drug-likeness (QED) is 0.315. The predicted molar refractivity (Wildman–Crippen MR) is 118 cm³/mol. The molecule has 0 aliphatic heterocycles. The van der Waals surface area contributed by atoms with E-state index in [4.69, 9.17) is 9.47 Å². The molecule has 0 amide bonds. The van der Waals surface area contributed by atoms with E-state index < -0.39 is 17.7 Å². The fraction of sp³-hybridized carbons (Fsp3) is 0.231. The molecule has 0 heterocycles. The van der Waals surface area contributed by atoms with E-state index in [2.05, 4.69) is 6.92 Å². The molecular weight excluding hydrogens is 420 g/mol. The number of benzene rings is 3. The van der Waals surface area contributed by atoms with E-state index in [1.807, 2.05) is 24.3 Å². The van der Waals surface area contributed by atoms with Gasteiger partial charge in [0.15, 0.2) is 11.6 Å². The van der Waals surface area contributed by atoms with Gasteiger partial charge in [0.2, 0.25) is 5.82 Å². The van der Waals surface area contributed by atoms with Gasteiger partial charge in [-0.05, 0) is 60.4 Å². The second-order valence-corrected chi connectivity index (χ2v) is 7.18. The lowest BCUT2D eigenvalue weighted by atomic mass is 10.0. The molecule has 2 nitrogen and oxygen atoms in total. The van der Waals surface area contributed by atoms with Crippen LogP contribution < -0.4 is 9.47 Å². The molecule has 0 unspecified atom stereocenters. The predicted octanol–water partition coefficient (Wildman–Crippen LogP) is 7.67. The molecule has 0 fully saturated rings. The summed E-state index contributed by atoms with van der Waals surface area (Å²) < 4.78 is 66.1. The van der Waals surface area contributed by atoms with E-state index in [1.54, 1.807) is 19.1 Å². The Hall–Kier alpha value is -3.28. The third-order valence-electron chi connectivity index (χ3n) is 4.77. The summed E-state index contributed by atoms with van der Waals surface area (Å²) in [5.41, 5.74) is 2.74. The van der Waals surface area contributed by atoms with Crippen LogP contribution in [0.15, 0.2) is 66.7 Å². The summed E-state index contributed by atoms with van der Waals surface area (Å²) in [5.74, 6) is -2.82. The van der Waals surface area contributed by atoms with Crippen molar-refractivity contribution in [1.29, 1.82) is 0 Å². The minimum atomic E-state index is -3.72. The van der Waals surface area contributed by atoms with Gasteiger partial charge in [0.05, 0.1) is 6.61 Å². The molecule has 0 aliphatic rings. The lowest BCUT2D eigenvalue weighted by Crippen LogP contribution is -2.21. The molecule has 3 aromatic rings. The van der Waals surface area contributed by atoms with Gasteiger partial charge in [-0.1, -0.05) is 49.7 Å². The first-order valence-electron chi connectivity index (χ1n) is 10.4. The molecule has 0 aliphatic carbocycles. The van der Waals surface area contributed by atoms with Crippen molar-refractivity contribution in [1.82, 2.24) is 0 Å². The summed E-state index contributed by atoms with van der Waals surface area (Å²) in [6.45, 7) is 3.89. The standard InChI is InChI=1S/C26H24F4O2/c1-3-5-18-6-8-19(9-7-18)20-10-13-22(14-11-20)32-26(29,30)17-16-21-12-15-23(31-4-2)25(28)24(21)27/h6-17H,3-5H2,1-2H3/b17-16+. The van der Waals surface area contributed by atoms with E-state index in [0.717, 1.165) is 36.1 Å². The van der Waals surface area contributed by atoms with Gasteiger partial charge >= 0.3 is 6.11 Å². The Morgan fingerprint density at radius 1 is 0.812 bits per heavy atom. The molecule has 0 aromatic heterocycles. The van der Waals surface area contributed by atoms with Gasteiger partial charge in [0.1, 0.15) is 5.75 Å². The van der Waals surface area contributed by atoms with Crippen molar-refractivity contribution in [3.8, 4) is 22.6 Å². The van der Waals surface area contributed by atoms with Gasteiger partial charge in [-0.15, -0.1) is 0 Å². The van der Waals surface area contributed by atoms with Crippen LogP contribution in [0, 0.1) is 11.6 Å². The van der Waals surface area contributed by atoms with Gasteiger partial charge in [0, 0.05) is 11.6 Å². The smallest absolute Gasteiger partial charge is 0.419 e. The van der Waals surface area contributed by atoms with Crippen LogP contribution in [0.5, 0.6) is 11.5 Å². The Labute approximate surface area is 185 Å². The van der Waals surface area contributed by atoms with Crippen molar-refractivity contribution in [3.63, 3.8) is 0 Å². The second kappa shape index (κ2) is 10.4. The Bertz CT molecular complexity index is 1060. The molecule has 32 heavy (non-hydrogen) atoms. The lowest BCUT2D eigenvalue weighted by Gasteiger charge is -2.15. The van der Waals surface area contributed by atoms with E-state index in [-0.39, 0.29) is 23.7 Å². The highest BCUT2D eigenvalue weighted by atomic mass is 19.3. The van der Waals surface area contributed by atoms with Gasteiger partial charge in [0.25, 0.3) is 0 Å². The van der Waals surface area contributed by atoms with Crippen molar-refractivity contribution in [2.45, 2.75) is 32.8 Å². The SMILES string of the molecule is CCCc1ccc(-c2ccc(OC(F)(F)/C=C/c3ccc(OCC)c(F)c3F)cc2)cc1. The van der Waals surface area contributed by atoms with Crippen molar-refractivity contribution >= 4 is 6.08 Å². The molecule has 6 heteroatoms. The molecule has 0 radical (unpaired) electrons. The van der Waals surface area contributed by atoms with Crippen LogP contribution in [0.3, 0.4) is 0 Å². The number of rotatable bonds is 9. The number of hydrogen-bond donors (Lipinski definition) is 0. The highest BCUT2D eigenvalue weighted by molar-refractivity contribution is 5.64. The van der Waals surface area contributed by atoms with Crippen molar-refractivity contribution in [2.75, 3.05) is 6.61 Å². The number of halogens is 4. The van der Waals surface area contributed by atoms with Crippen molar-refractivity contribution in [2.24, 2.45) is 0 Å². The average molecular weight is 444 g/mol. The van der Waals surface area contributed by atoms with Gasteiger partial charge in [-0.25, -0.2) is 4.39 Å². The maximum atomic E-state index is 14.2. The highest BCUT2D eigenvalue weighted by Crippen LogP contribution is 2.29. The largest absolute Gasteiger partial charge is 0.491 e. The van der Waals surface area contributed by atoms with Crippen molar-refractivity contribution in [3.05, 3.63) is 89.5 Å². The minimum absolute atomic E-state index is 0.0515. The summed E-state index contributed by atoms with van der Waals surface area (Å²) in [7, 11) is 0. The normalized spacial score (nSPS) is 11.7. The summed E-state index contributed by atoms with van der Waals surface area (Å²) in [6.07, 6.45) is -0.492. The third kappa shape index (κ3) is 5.90. The molecule has 0 N–H and O–H groups in total. The maximum Gasteiger partial charge on any atom is 0.419 e. The first-order valence-corrected chi connectivity index (χ1v) is 10.4. The van der Waals surface area contributed by atoms with Crippen molar-refractivity contribution < 1.29 is 27.0 Å². The van der Waals surface area contributed by atoms with Gasteiger partial charge in [-0.2, -0.15) is 13.2 Å². The molecule has 0 spiro atoms. The molecule has 168 valence electrons. The van der Waals surface area contributed by atoms with E-state index in [1.165, 1.54) is 23.8 Å². The van der Waals surface area contributed by atoms with Crippen LogP contribution in [0.2, 0.25) is 0 Å². The molecule has 0 saturated carbocycles. The van der Waals surface area contributed by atoms with E-state index in [0.29, 0.717) is 6.08 Å². The monoisotopic (exact) mass is 444 g/mol. The van der Waals surface area contributed by atoms with Gasteiger partial charge in [-0.3, -0.25) is 0 Å². The summed E-state index contributed by atoms with van der Waals surface area (Å²) in [6, 6.07) is 16.7. The maximum absolute atomic E-state index is 14.2. The Balaban J connectivity index is 1.69. The zero-order valence-electron chi connectivity index (χ0n) is 17.9. The summed E-state index contributed by atoms with van der Waals surface area (Å²) >= 11 is 0. The zero-order chi connectivity index (χ0) is 23.1. The van der Waals surface area contributed by atoms with Crippen LogP contribution in [0.25, 0.3) is 17.2 Å². The zero-order valence-corrected chi connectivity index (χ0v) is 17.9. The van der Waals surface area contributed by atoms with Crippen LogP contribution in [0.4, 0.5) is 17.6 Å². The number of alkyl halides is 2. The Morgan fingerprint density at radius 2 is 1.44 bits per heavy atom. The average Bonchev–Trinajstić information content (AvgIpc) is 2.78. The Kier molecular flexibility index (Phi) is 7.57. The first-order chi connectivity index (χ1) is 15.3. The van der Waals surface area contributed by atoms with Crippen LogP contribution >= 0.6 is 0 Å². The minimum Gasteiger partial charge on any atom is -0.491 e. The molecule has 3 rings (SSSR count). The highest BCUT2D eigenvalue weighted by Gasteiger charge is 2.28. The summed E-state index contributed by atoms with van der Waals surface area (Å²) in [5, 5.41) is 0. The molecular formula is C26H24F4O2. The summed E-state index contributed by atoms with van der Waals surface area (Å²) in [4.78, 5) is 0. The fourth-order valence-corrected chi connectivity index (χ4v) is 3.19. The van der Waals surface area contributed by atoms with Crippen LogP contribution in [-0.4, -0.2) is 12.7 Å². The van der Waals surface area contributed by atoms with Crippen LogP contribution in [0.1, 0.15) is 31.4 Å². The molecule has 0 bridgehead atoms. The molecule has 3 aromatic carbocycles. The second-order valence-electron chi connectivity index (χ2n) is 7.18. The topological polar surface area (TPSA) is 18.5 Å². The number of ether oxygens (including phenoxy) is 2. The fourth-order valence-electron chi connectivity index (χ4n) is 3.19. The lowest BCUT2D eigenvalue weighted by molar-refractivity contribution is -0.130. The number of aryl methyl sites for hydroxylation is 1. The molecule has 0 saturated heterocycles. The molecule has 0 atom stereocenters. The van der Waals surface area contributed by atoms with E-state index >= 15 is 0 Å². The van der Waals surface area contributed by atoms with Crippen LogP contribution in [-0.2, 0) is 6.42 Å². The Morgan fingerprint density at radius 3 is 2.03 bits per heavy atom. The third-order valence-corrected chi connectivity index (χ3v) is 4.77. The first kappa shape index (κ1) is 23.4. The van der Waals surface area contributed by atoms with E-state index in [9.17, 15) is 17.6 Å². The van der Waals surface area contributed by atoms with Gasteiger partial charge < -0.3 is 9.47 Å².